The van der Waals surface area contributed by atoms with Crippen molar-refractivity contribution in [1.29, 1.82) is 0 Å². The molecule has 2 aromatic rings. The molecular formula is C20H22N2O3. The van der Waals surface area contributed by atoms with Gasteiger partial charge in [-0.15, -0.1) is 0 Å². The number of likely N-dealkylation sites (tertiary alicyclic amines) is 1. The van der Waals surface area contributed by atoms with Crippen LogP contribution in [0.2, 0.25) is 0 Å². The fraction of sp³-hybridized carbons (Fsp3) is 0.300. The average Bonchev–Trinajstić information content (AvgIpc) is 2.69. The maximum absolute atomic E-state index is 12.5. The van der Waals surface area contributed by atoms with E-state index in [1.54, 1.807) is 5.48 Å². The highest BCUT2D eigenvalue weighted by atomic mass is 16.5. The first kappa shape index (κ1) is 17.2. The van der Waals surface area contributed by atoms with E-state index in [-0.39, 0.29) is 17.7 Å². The van der Waals surface area contributed by atoms with Crippen LogP contribution < -0.4 is 5.48 Å². The van der Waals surface area contributed by atoms with Crippen LogP contribution in [0.25, 0.3) is 0 Å². The highest BCUT2D eigenvalue weighted by molar-refractivity contribution is 5.94. The van der Waals surface area contributed by atoms with Gasteiger partial charge < -0.3 is 4.90 Å². The van der Waals surface area contributed by atoms with Crippen molar-refractivity contribution < 1.29 is 14.8 Å². The average molecular weight is 338 g/mol. The normalized spacial score (nSPS) is 16.3. The molecule has 0 spiro atoms. The van der Waals surface area contributed by atoms with Gasteiger partial charge in [0.05, 0.1) is 5.92 Å². The van der Waals surface area contributed by atoms with E-state index in [9.17, 15) is 9.59 Å². The van der Waals surface area contributed by atoms with E-state index in [4.69, 9.17) is 5.21 Å². The first-order valence-corrected chi connectivity index (χ1v) is 8.54. The predicted octanol–water partition coefficient (Wildman–Crippen LogP) is 2.83. The van der Waals surface area contributed by atoms with Crippen molar-refractivity contribution in [3.05, 3.63) is 71.8 Å². The van der Waals surface area contributed by atoms with Gasteiger partial charge in [-0.25, -0.2) is 5.48 Å². The van der Waals surface area contributed by atoms with Gasteiger partial charge in [-0.3, -0.25) is 14.8 Å². The lowest BCUT2D eigenvalue weighted by Gasteiger charge is -2.35. The molecular weight excluding hydrogens is 316 g/mol. The van der Waals surface area contributed by atoms with Crippen molar-refractivity contribution in [3.63, 3.8) is 0 Å². The molecule has 1 atom stereocenters. The summed E-state index contributed by atoms with van der Waals surface area (Å²) in [5.41, 5.74) is 3.38. The maximum atomic E-state index is 12.5. The third-order valence-electron chi connectivity index (χ3n) is 4.87. The molecule has 3 rings (SSSR count). The van der Waals surface area contributed by atoms with Crippen molar-refractivity contribution in [2.75, 3.05) is 13.1 Å². The van der Waals surface area contributed by atoms with Crippen LogP contribution in [0.5, 0.6) is 0 Å². The van der Waals surface area contributed by atoms with Crippen molar-refractivity contribution in [2.45, 2.75) is 18.8 Å². The number of piperidine rings is 1. The lowest BCUT2D eigenvalue weighted by molar-refractivity contribution is -0.132. The summed E-state index contributed by atoms with van der Waals surface area (Å²) >= 11 is 0. The molecule has 1 aliphatic heterocycles. The van der Waals surface area contributed by atoms with E-state index in [1.165, 1.54) is 0 Å². The molecule has 1 unspecified atom stereocenters. The molecule has 1 saturated heterocycles. The quantitative estimate of drug-likeness (QED) is 0.665. The van der Waals surface area contributed by atoms with Crippen molar-refractivity contribution in [1.82, 2.24) is 10.4 Å². The SMILES string of the molecule is O=C(NO)C(c1ccccc1)C1CCN(C(=O)c2ccccc2)CC1. The zero-order valence-corrected chi connectivity index (χ0v) is 14.0. The molecule has 0 radical (unpaired) electrons. The molecule has 1 aliphatic rings. The van der Waals surface area contributed by atoms with Crippen LogP contribution in [-0.4, -0.2) is 35.0 Å². The molecule has 1 fully saturated rings. The van der Waals surface area contributed by atoms with Crippen LogP contribution in [0.3, 0.4) is 0 Å². The number of hydrogen-bond acceptors (Lipinski definition) is 3. The van der Waals surface area contributed by atoms with Gasteiger partial charge >= 0.3 is 0 Å². The molecule has 5 nitrogen and oxygen atoms in total. The summed E-state index contributed by atoms with van der Waals surface area (Å²) < 4.78 is 0. The van der Waals surface area contributed by atoms with Gasteiger partial charge in [0.2, 0.25) is 0 Å². The molecule has 0 bridgehead atoms. The van der Waals surface area contributed by atoms with Crippen LogP contribution in [0.4, 0.5) is 0 Å². The van der Waals surface area contributed by atoms with E-state index >= 15 is 0 Å². The van der Waals surface area contributed by atoms with E-state index in [1.807, 2.05) is 65.6 Å². The number of nitrogens with zero attached hydrogens (tertiary/aromatic N) is 1. The van der Waals surface area contributed by atoms with Crippen molar-refractivity contribution >= 4 is 11.8 Å². The van der Waals surface area contributed by atoms with Gasteiger partial charge in [-0.05, 0) is 36.5 Å². The Morgan fingerprint density at radius 2 is 1.52 bits per heavy atom. The summed E-state index contributed by atoms with van der Waals surface area (Å²) in [6.45, 7) is 1.22. The number of carbonyl (C=O) groups excluding carboxylic acids is 2. The minimum absolute atomic E-state index is 0.0296. The second kappa shape index (κ2) is 7.94. The van der Waals surface area contributed by atoms with Crippen LogP contribution in [0, 0.1) is 5.92 Å². The molecule has 0 aromatic heterocycles. The Hall–Kier alpha value is -2.66. The Morgan fingerprint density at radius 1 is 0.960 bits per heavy atom. The zero-order valence-electron chi connectivity index (χ0n) is 14.0. The van der Waals surface area contributed by atoms with E-state index < -0.39 is 5.92 Å². The van der Waals surface area contributed by atoms with Crippen LogP contribution in [0.1, 0.15) is 34.7 Å². The minimum atomic E-state index is -0.403. The monoisotopic (exact) mass is 338 g/mol. The van der Waals surface area contributed by atoms with Gasteiger partial charge in [-0.2, -0.15) is 0 Å². The Bertz CT molecular complexity index is 710. The third kappa shape index (κ3) is 3.88. The second-order valence-corrected chi connectivity index (χ2v) is 6.36. The molecule has 0 saturated carbocycles. The molecule has 2 N–H and O–H groups in total. The van der Waals surface area contributed by atoms with E-state index in [0.717, 1.165) is 18.4 Å². The molecule has 0 aliphatic carbocycles. The van der Waals surface area contributed by atoms with Crippen LogP contribution >= 0.6 is 0 Å². The van der Waals surface area contributed by atoms with Gasteiger partial charge in [0, 0.05) is 18.7 Å². The van der Waals surface area contributed by atoms with Crippen molar-refractivity contribution in [3.8, 4) is 0 Å². The van der Waals surface area contributed by atoms with Crippen LogP contribution in [-0.2, 0) is 4.79 Å². The number of carbonyl (C=O) groups is 2. The first-order chi connectivity index (χ1) is 12.2. The number of hydrogen-bond donors (Lipinski definition) is 2. The minimum Gasteiger partial charge on any atom is -0.339 e. The molecule has 2 amide bonds. The summed E-state index contributed by atoms with van der Waals surface area (Å²) in [5, 5.41) is 9.12. The number of amides is 2. The number of hydroxylamine groups is 1. The number of benzene rings is 2. The Morgan fingerprint density at radius 3 is 2.08 bits per heavy atom. The van der Waals surface area contributed by atoms with Gasteiger partial charge in [0.1, 0.15) is 0 Å². The standard InChI is InChI=1S/C20H22N2O3/c23-19(21-25)18(15-7-3-1-4-8-15)16-11-13-22(14-12-16)20(24)17-9-5-2-6-10-17/h1-10,16,18,25H,11-14H2,(H,21,23). The molecule has 25 heavy (non-hydrogen) atoms. The molecule has 130 valence electrons. The molecule has 2 aromatic carbocycles. The van der Waals surface area contributed by atoms with Gasteiger partial charge in [0.15, 0.2) is 0 Å². The molecule has 1 heterocycles. The smallest absolute Gasteiger partial charge is 0.253 e. The lowest BCUT2D eigenvalue weighted by atomic mass is 9.79. The van der Waals surface area contributed by atoms with Gasteiger partial charge in [-0.1, -0.05) is 48.5 Å². The Balaban J connectivity index is 1.69. The van der Waals surface area contributed by atoms with E-state index in [2.05, 4.69) is 0 Å². The number of rotatable bonds is 4. The fourth-order valence-corrected chi connectivity index (χ4v) is 3.57. The predicted molar refractivity (Wildman–Crippen MR) is 94.2 cm³/mol. The lowest BCUT2D eigenvalue weighted by Crippen LogP contribution is -2.42. The summed E-state index contributed by atoms with van der Waals surface area (Å²) in [6, 6.07) is 18.7. The van der Waals surface area contributed by atoms with Crippen molar-refractivity contribution in [2.24, 2.45) is 5.92 Å². The summed E-state index contributed by atoms with van der Waals surface area (Å²) in [6.07, 6.45) is 1.46. The first-order valence-electron chi connectivity index (χ1n) is 8.54. The van der Waals surface area contributed by atoms with E-state index in [0.29, 0.717) is 18.7 Å². The van der Waals surface area contributed by atoms with Crippen LogP contribution in [0.15, 0.2) is 60.7 Å². The zero-order chi connectivity index (χ0) is 17.6. The second-order valence-electron chi connectivity index (χ2n) is 6.36. The molecule has 5 heteroatoms. The largest absolute Gasteiger partial charge is 0.339 e. The Kier molecular flexibility index (Phi) is 5.46. The Labute approximate surface area is 147 Å². The fourth-order valence-electron chi connectivity index (χ4n) is 3.57. The summed E-state index contributed by atoms with van der Waals surface area (Å²) in [5.74, 6) is -0.671. The summed E-state index contributed by atoms with van der Waals surface area (Å²) in [7, 11) is 0. The van der Waals surface area contributed by atoms with Gasteiger partial charge in [0.25, 0.3) is 11.8 Å². The number of nitrogens with one attached hydrogen (secondary N) is 1. The highest BCUT2D eigenvalue weighted by Gasteiger charge is 2.33. The third-order valence-corrected chi connectivity index (χ3v) is 4.87. The topological polar surface area (TPSA) is 69.6 Å². The highest BCUT2D eigenvalue weighted by Crippen LogP contribution is 2.33. The summed E-state index contributed by atoms with van der Waals surface area (Å²) in [4.78, 5) is 26.6. The maximum Gasteiger partial charge on any atom is 0.253 e.